The lowest BCUT2D eigenvalue weighted by Crippen LogP contribution is -2.27. The smallest absolute Gasteiger partial charge is 0.412 e. The van der Waals surface area contributed by atoms with Crippen molar-refractivity contribution in [2.45, 2.75) is 26.4 Å². The number of ether oxygens (including phenoxy) is 2. The molecule has 1 N–H and O–H groups in total. The van der Waals surface area contributed by atoms with Crippen molar-refractivity contribution in [3.8, 4) is 11.5 Å². The molecule has 148 valence electrons. The van der Waals surface area contributed by atoms with Crippen LogP contribution in [0.1, 0.15) is 31.3 Å². The van der Waals surface area contributed by atoms with Gasteiger partial charge < -0.3 is 14.4 Å². The Kier molecular flexibility index (Phi) is 6.76. The lowest BCUT2D eigenvalue weighted by atomic mass is 10.2. The molecule has 28 heavy (non-hydrogen) atoms. The molecular weight excluding hydrogens is 358 g/mol. The fourth-order valence-corrected chi connectivity index (χ4v) is 2.08. The number of allylic oxidation sites excluding steroid dienone is 1. The normalized spacial score (nSPS) is 11.2. The molecule has 0 fully saturated rings. The SMILES string of the molecule is CN(C)/C=C/C(=O)c1cc(Oc2ccc(NC(=O)OC(C)(C)C)cc2)ccn1. The van der Waals surface area contributed by atoms with Gasteiger partial charge >= 0.3 is 6.09 Å². The zero-order chi connectivity index (χ0) is 20.7. The van der Waals surface area contributed by atoms with Crippen molar-refractivity contribution >= 4 is 17.6 Å². The van der Waals surface area contributed by atoms with Crippen molar-refractivity contribution in [2.24, 2.45) is 0 Å². The summed E-state index contributed by atoms with van der Waals surface area (Å²) in [6, 6.07) is 10.1. The standard InChI is InChI=1S/C21H25N3O4/c1-21(2,3)28-20(26)23-15-6-8-16(9-7-15)27-17-10-12-22-18(14-17)19(25)11-13-24(4)5/h6-14H,1-5H3,(H,23,26)/b13-11+. The average Bonchev–Trinajstić information content (AvgIpc) is 2.60. The molecule has 0 atom stereocenters. The molecule has 7 heteroatoms. The number of hydrogen-bond donors (Lipinski definition) is 1. The predicted molar refractivity (Wildman–Crippen MR) is 108 cm³/mol. The third-order valence-corrected chi connectivity index (χ3v) is 3.24. The van der Waals surface area contributed by atoms with Gasteiger partial charge in [-0.15, -0.1) is 0 Å². The van der Waals surface area contributed by atoms with Gasteiger partial charge in [0.1, 0.15) is 22.8 Å². The summed E-state index contributed by atoms with van der Waals surface area (Å²) in [6.07, 6.45) is 4.10. The van der Waals surface area contributed by atoms with Crippen molar-refractivity contribution in [3.05, 3.63) is 60.6 Å². The lowest BCUT2D eigenvalue weighted by molar-refractivity contribution is 0.0635. The molecule has 0 saturated carbocycles. The summed E-state index contributed by atoms with van der Waals surface area (Å²) in [5, 5.41) is 2.65. The lowest BCUT2D eigenvalue weighted by Gasteiger charge is -2.19. The fraction of sp³-hybridized carbons (Fsp3) is 0.286. The van der Waals surface area contributed by atoms with Gasteiger partial charge in [-0.05, 0) is 51.1 Å². The highest BCUT2D eigenvalue weighted by Gasteiger charge is 2.16. The number of ketones is 1. The minimum Gasteiger partial charge on any atom is -0.457 e. The summed E-state index contributed by atoms with van der Waals surface area (Å²) >= 11 is 0. The van der Waals surface area contributed by atoms with Crippen LogP contribution in [0.4, 0.5) is 10.5 Å². The second-order valence-corrected chi connectivity index (χ2v) is 7.27. The third kappa shape index (κ3) is 7.11. The van der Waals surface area contributed by atoms with Crippen LogP contribution in [-0.2, 0) is 4.74 Å². The Morgan fingerprint density at radius 1 is 1.07 bits per heavy atom. The van der Waals surface area contributed by atoms with Gasteiger partial charge in [0.05, 0.1) is 0 Å². The van der Waals surface area contributed by atoms with Crippen LogP contribution in [0.15, 0.2) is 54.9 Å². The zero-order valence-electron chi connectivity index (χ0n) is 16.7. The first-order valence-electron chi connectivity index (χ1n) is 8.75. The molecule has 1 aromatic heterocycles. The minimum absolute atomic E-state index is 0.212. The third-order valence-electron chi connectivity index (χ3n) is 3.24. The summed E-state index contributed by atoms with van der Waals surface area (Å²) < 4.78 is 11.0. The number of pyridine rings is 1. The number of carbonyl (C=O) groups excluding carboxylic acids is 2. The molecule has 1 aromatic carbocycles. The molecule has 1 heterocycles. The van der Waals surface area contributed by atoms with Gasteiger partial charge in [0, 0.05) is 44.3 Å². The van der Waals surface area contributed by atoms with E-state index in [2.05, 4.69) is 10.3 Å². The number of anilines is 1. The Hall–Kier alpha value is -3.35. The van der Waals surface area contributed by atoms with E-state index in [1.807, 2.05) is 14.1 Å². The number of carbonyl (C=O) groups is 2. The van der Waals surface area contributed by atoms with E-state index in [1.54, 1.807) is 68.3 Å². The molecule has 0 aliphatic carbocycles. The maximum atomic E-state index is 12.1. The highest BCUT2D eigenvalue weighted by atomic mass is 16.6. The monoisotopic (exact) mass is 383 g/mol. The number of rotatable bonds is 6. The van der Waals surface area contributed by atoms with Crippen molar-refractivity contribution in [3.63, 3.8) is 0 Å². The highest BCUT2D eigenvalue weighted by Crippen LogP contribution is 2.23. The van der Waals surface area contributed by atoms with Crippen LogP contribution in [-0.4, -0.2) is 41.5 Å². The zero-order valence-corrected chi connectivity index (χ0v) is 16.7. The Morgan fingerprint density at radius 3 is 2.36 bits per heavy atom. The van der Waals surface area contributed by atoms with Gasteiger partial charge in [-0.3, -0.25) is 15.1 Å². The van der Waals surface area contributed by atoms with E-state index in [9.17, 15) is 9.59 Å². The number of nitrogens with one attached hydrogen (secondary N) is 1. The highest BCUT2D eigenvalue weighted by molar-refractivity contribution is 6.03. The van der Waals surface area contributed by atoms with Crippen molar-refractivity contribution < 1.29 is 19.1 Å². The molecule has 7 nitrogen and oxygen atoms in total. The topological polar surface area (TPSA) is 80.8 Å². The first-order chi connectivity index (χ1) is 13.1. The van der Waals surface area contributed by atoms with Gasteiger partial charge in [-0.1, -0.05) is 0 Å². The van der Waals surface area contributed by atoms with Gasteiger partial charge in [0.2, 0.25) is 5.78 Å². The van der Waals surface area contributed by atoms with Crippen LogP contribution < -0.4 is 10.1 Å². The molecule has 0 aliphatic heterocycles. The van der Waals surface area contributed by atoms with E-state index >= 15 is 0 Å². The molecule has 0 spiro atoms. The van der Waals surface area contributed by atoms with Crippen LogP contribution in [0.25, 0.3) is 0 Å². The summed E-state index contributed by atoms with van der Waals surface area (Å²) in [4.78, 5) is 29.7. The summed E-state index contributed by atoms with van der Waals surface area (Å²) in [5.41, 5.74) is 0.311. The molecule has 0 aliphatic rings. The number of hydrogen-bond acceptors (Lipinski definition) is 6. The summed E-state index contributed by atoms with van der Waals surface area (Å²) in [7, 11) is 3.66. The molecule has 0 unspecified atom stereocenters. The van der Waals surface area contributed by atoms with E-state index in [0.29, 0.717) is 22.9 Å². The summed E-state index contributed by atoms with van der Waals surface area (Å²) in [5.74, 6) is 0.837. The molecular formula is C21H25N3O4. The molecule has 0 bridgehead atoms. The van der Waals surface area contributed by atoms with Gasteiger partial charge in [0.15, 0.2) is 0 Å². The predicted octanol–water partition coefficient (Wildman–Crippen LogP) is 4.48. The van der Waals surface area contributed by atoms with E-state index in [4.69, 9.17) is 9.47 Å². The van der Waals surface area contributed by atoms with E-state index in [-0.39, 0.29) is 5.78 Å². The van der Waals surface area contributed by atoms with Gasteiger partial charge in [-0.25, -0.2) is 4.79 Å². The number of amides is 1. The Labute approximate surface area is 165 Å². The van der Waals surface area contributed by atoms with Crippen molar-refractivity contribution in [1.29, 1.82) is 0 Å². The molecule has 0 radical (unpaired) electrons. The van der Waals surface area contributed by atoms with E-state index in [0.717, 1.165) is 0 Å². The molecule has 2 aromatic rings. The average molecular weight is 383 g/mol. The Bertz CT molecular complexity index is 853. The molecule has 2 rings (SSSR count). The second-order valence-electron chi connectivity index (χ2n) is 7.27. The maximum Gasteiger partial charge on any atom is 0.412 e. The molecule has 1 amide bonds. The van der Waals surface area contributed by atoms with Crippen LogP contribution in [0.5, 0.6) is 11.5 Å². The first-order valence-corrected chi connectivity index (χ1v) is 8.75. The maximum absolute atomic E-state index is 12.1. The second kappa shape index (κ2) is 9.03. The van der Waals surface area contributed by atoms with Crippen LogP contribution in [0.3, 0.4) is 0 Å². The first kappa shape index (κ1) is 21.0. The van der Waals surface area contributed by atoms with Crippen LogP contribution >= 0.6 is 0 Å². The number of aromatic nitrogens is 1. The number of benzene rings is 1. The van der Waals surface area contributed by atoms with Crippen LogP contribution in [0.2, 0.25) is 0 Å². The largest absolute Gasteiger partial charge is 0.457 e. The quantitative estimate of drug-likeness (QED) is 0.585. The number of nitrogens with zero attached hydrogens (tertiary/aromatic N) is 2. The van der Waals surface area contributed by atoms with Crippen molar-refractivity contribution in [1.82, 2.24) is 9.88 Å². The molecule has 0 saturated heterocycles. The van der Waals surface area contributed by atoms with Gasteiger partial charge in [-0.2, -0.15) is 0 Å². The van der Waals surface area contributed by atoms with Crippen LogP contribution in [0, 0.1) is 0 Å². The Balaban J connectivity index is 2.01. The van der Waals surface area contributed by atoms with E-state index in [1.165, 1.54) is 12.3 Å². The van der Waals surface area contributed by atoms with Crippen molar-refractivity contribution in [2.75, 3.05) is 19.4 Å². The van der Waals surface area contributed by atoms with E-state index < -0.39 is 11.7 Å². The minimum atomic E-state index is -0.564. The van der Waals surface area contributed by atoms with Gasteiger partial charge in [0.25, 0.3) is 0 Å². The summed E-state index contributed by atoms with van der Waals surface area (Å²) in [6.45, 7) is 5.40. The fourth-order valence-electron chi connectivity index (χ4n) is 2.08. The Morgan fingerprint density at radius 2 is 1.75 bits per heavy atom.